The van der Waals surface area contributed by atoms with Crippen LogP contribution in [0.2, 0.25) is 10.0 Å². The predicted molar refractivity (Wildman–Crippen MR) is 144 cm³/mol. The Hall–Kier alpha value is -4.08. The summed E-state index contributed by atoms with van der Waals surface area (Å²) in [5.74, 6) is -1.56. The van der Waals surface area contributed by atoms with Crippen molar-refractivity contribution in [3.63, 3.8) is 0 Å². The molecule has 0 heterocycles. The van der Waals surface area contributed by atoms with Gasteiger partial charge in [0.1, 0.15) is 17.5 Å². The SMILES string of the molecule is C[C@@H](Oc1ccc(Cl)cc1Cl)C(=O)N[C@H](Cc1ccccc1)C(=O)N/N=C\c1cccc(OCC(=O)O)c1. The van der Waals surface area contributed by atoms with E-state index in [4.69, 9.17) is 37.8 Å². The minimum Gasteiger partial charge on any atom is -0.482 e. The smallest absolute Gasteiger partial charge is 0.341 e. The van der Waals surface area contributed by atoms with Gasteiger partial charge in [-0.25, -0.2) is 10.2 Å². The number of carboxylic acid groups (broad SMARTS) is 1. The molecule has 3 N–H and O–H groups in total. The van der Waals surface area contributed by atoms with Gasteiger partial charge in [-0.3, -0.25) is 9.59 Å². The molecule has 2 atom stereocenters. The topological polar surface area (TPSA) is 126 Å². The number of hydrogen-bond acceptors (Lipinski definition) is 6. The van der Waals surface area contributed by atoms with Gasteiger partial charge < -0.3 is 19.9 Å². The molecule has 9 nitrogen and oxygen atoms in total. The zero-order valence-electron chi connectivity index (χ0n) is 20.3. The average Bonchev–Trinajstić information content (AvgIpc) is 2.89. The number of nitrogens with one attached hydrogen (secondary N) is 2. The zero-order chi connectivity index (χ0) is 27.5. The van der Waals surface area contributed by atoms with Crippen LogP contribution in [0.25, 0.3) is 0 Å². The van der Waals surface area contributed by atoms with Crippen molar-refractivity contribution in [2.24, 2.45) is 5.10 Å². The molecular weight excluding hydrogens is 533 g/mol. The molecule has 198 valence electrons. The van der Waals surface area contributed by atoms with E-state index in [0.29, 0.717) is 16.3 Å². The third-order valence-corrected chi connectivity index (χ3v) is 5.62. The molecule has 2 amide bonds. The van der Waals surface area contributed by atoms with E-state index >= 15 is 0 Å². The molecule has 0 saturated heterocycles. The average molecular weight is 558 g/mol. The first-order valence-electron chi connectivity index (χ1n) is 11.4. The second kappa shape index (κ2) is 14.0. The number of hydrogen-bond donors (Lipinski definition) is 3. The van der Waals surface area contributed by atoms with Gasteiger partial charge in [0.2, 0.25) is 0 Å². The van der Waals surface area contributed by atoms with Gasteiger partial charge in [-0.1, -0.05) is 65.7 Å². The Bertz CT molecular complexity index is 1300. The van der Waals surface area contributed by atoms with Crippen molar-refractivity contribution in [3.05, 3.63) is 94.0 Å². The number of aliphatic carboxylic acids is 1. The molecule has 0 aliphatic carbocycles. The molecule has 3 aromatic carbocycles. The molecule has 38 heavy (non-hydrogen) atoms. The van der Waals surface area contributed by atoms with E-state index in [0.717, 1.165) is 5.56 Å². The summed E-state index contributed by atoms with van der Waals surface area (Å²) in [6.45, 7) is 1.06. The minimum atomic E-state index is -1.10. The summed E-state index contributed by atoms with van der Waals surface area (Å²) in [6.07, 6.45) is 0.624. The number of benzene rings is 3. The Morgan fingerprint density at radius 1 is 1.00 bits per heavy atom. The summed E-state index contributed by atoms with van der Waals surface area (Å²) in [4.78, 5) is 36.6. The predicted octanol–water partition coefficient (Wildman–Crippen LogP) is 4.10. The minimum absolute atomic E-state index is 0.209. The monoisotopic (exact) mass is 557 g/mol. The highest BCUT2D eigenvalue weighted by molar-refractivity contribution is 6.35. The van der Waals surface area contributed by atoms with Crippen molar-refractivity contribution in [2.75, 3.05) is 6.61 Å². The second-order valence-corrected chi connectivity index (χ2v) is 8.92. The van der Waals surface area contributed by atoms with Gasteiger partial charge in [-0.15, -0.1) is 0 Å². The summed E-state index contributed by atoms with van der Waals surface area (Å²) in [5.41, 5.74) is 3.83. The first-order chi connectivity index (χ1) is 18.2. The number of hydrazone groups is 1. The Morgan fingerprint density at radius 2 is 1.76 bits per heavy atom. The van der Waals surface area contributed by atoms with E-state index in [2.05, 4.69) is 15.8 Å². The molecule has 0 radical (unpaired) electrons. The van der Waals surface area contributed by atoms with Crippen LogP contribution >= 0.6 is 23.2 Å². The fraction of sp³-hybridized carbons (Fsp3) is 0.185. The number of carbonyl (C=O) groups is 3. The maximum Gasteiger partial charge on any atom is 0.341 e. The molecule has 0 aliphatic heterocycles. The summed E-state index contributed by atoms with van der Waals surface area (Å²) in [6, 6.07) is 19.4. The fourth-order valence-corrected chi connectivity index (χ4v) is 3.69. The van der Waals surface area contributed by atoms with Gasteiger partial charge in [0.25, 0.3) is 11.8 Å². The Balaban J connectivity index is 1.67. The van der Waals surface area contributed by atoms with Crippen LogP contribution in [-0.4, -0.2) is 47.9 Å². The van der Waals surface area contributed by atoms with Crippen LogP contribution in [0.1, 0.15) is 18.1 Å². The van der Waals surface area contributed by atoms with E-state index in [-0.39, 0.29) is 17.2 Å². The maximum atomic E-state index is 13.0. The van der Waals surface area contributed by atoms with Crippen LogP contribution in [0.4, 0.5) is 0 Å². The van der Waals surface area contributed by atoms with Crippen LogP contribution in [0, 0.1) is 0 Å². The van der Waals surface area contributed by atoms with Crippen molar-refractivity contribution >= 4 is 47.2 Å². The Kier molecular flexibility index (Phi) is 10.5. The standard InChI is InChI=1S/C27H25Cl2N3O6/c1-17(38-24-11-10-20(28)14-22(24)29)26(35)31-23(13-18-6-3-2-4-7-18)27(36)32-30-15-19-8-5-9-21(12-19)37-16-25(33)34/h2-12,14-15,17,23H,13,16H2,1H3,(H,31,35)(H,32,36)(H,33,34)/b30-15-/t17-,23-/m1/s1. The lowest BCUT2D eigenvalue weighted by Gasteiger charge is -2.21. The van der Waals surface area contributed by atoms with E-state index in [9.17, 15) is 14.4 Å². The van der Waals surface area contributed by atoms with Crippen LogP contribution in [0.3, 0.4) is 0 Å². The summed E-state index contributed by atoms with van der Waals surface area (Å²) in [7, 11) is 0. The second-order valence-electron chi connectivity index (χ2n) is 8.07. The van der Waals surface area contributed by atoms with Crippen molar-refractivity contribution < 1.29 is 29.0 Å². The lowest BCUT2D eigenvalue weighted by Crippen LogP contribution is -2.50. The number of rotatable bonds is 12. The van der Waals surface area contributed by atoms with Gasteiger partial charge >= 0.3 is 5.97 Å². The van der Waals surface area contributed by atoms with Gasteiger partial charge in [-0.05, 0) is 48.4 Å². The first kappa shape index (κ1) is 28.5. The van der Waals surface area contributed by atoms with Gasteiger partial charge in [0, 0.05) is 11.4 Å². The number of carbonyl (C=O) groups excluding carboxylic acids is 2. The molecule has 0 aliphatic rings. The van der Waals surface area contributed by atoms with Crippen LogP contribution in [0.15, 0.2) is 77.9 Å². The quantitative estimate of drug-likeness (QED) is 0.227. The molecule has 11 heteroatoms. The molecule has 0 fully saturated rings. The lowest BCUT2D eigenvalue weighted by atomic mass is 10.1. The van der Waals surface area contributed by atoms with Crippen molar-refractivity contribution in [1.29, 1.82) is 0 Å². The number of amides is 2. The molecule has 0 spiro atoms. The highest BCUT2D eigenvalue weighted by Crippen LogP contribution is 2.28. The number of carboxylic acids is 1. The molecule has 3 aromatic rings. The number of ether oxygens (including phenoxy) is 2. The largest absolute Gasteiger partial charge is 0.482 e. The van der Waals surface area contributed by atoms with E-state index in [1.807, 2.05) is 30.3 Å². The normalized spacial score (nSPS) is 12.4. The Morgan fingerprint density at radius 3 is 2.47 bits per heavy atom. The summed E-state index contributed by atoms with van der Waals surface area (Å²) >= 11 is 12.0. The van der Waals surface area contributed by atoms with Crippen molar-refractivity contribution in [1.82, 2.24) is 10.7 Å². The highest BCUT2D eigenvalue weighted by Gasteiger charge is 2.25. The molecule has 0 saturated carbocycles. The maximum absolute atomic E-state index is 13.0. The molecule has 3 rings (SSSR count). The van der Waals surface area contributed by atoms with E-state index in [1.54, 1.807) is 36.4 Å². The lowest BCUT2D eigenvalue weighted by molar-refractivity contribution is -0.139. The van der Waals surface area contributed by atoms with Crippen molar-refractivity contribution in [2.45, 2.75) is 25.5 Å². The molecule has 0 unspecified atom stereocenters. The fourth-order valence-electron chi connectivity index (χ4n) is 3.24. The zero-order valence-corrected chi connectivity index (χ0v) is 21.8. The van der Waals surface area contributed by atoms with Crippen molar-refractivity contribution in [3.8, 4) is 11.5 Å². The van der Waals surface area contributed by atoms with Crippen LogP contribution in [-0.2, 0) is 20.8 Å². The number of halogens is 2. The summed E-state index contributed by atoms with van der Waals surface area (Å²) < 4.78 is 10.8. The van der Waals surface area contributed by atoms with Gasteiger partial charge in [-0.2, -0.15) is 5.10 Å². The highest BCUT2D eigenvalue weighted by atomic mass is 35.5. The van der Waals surface area contributed by atoms with Gasteiger partial charge in [0.15, 0.2) is 12.7 Å². The first-order valence-corrected chi connectivity index (χ1v) is 12.2. The molecule has 0 aromatic heterocycles. The van der Waals surface area contributed by atoms with Gasteiger partial charge in [0.05, 0.1) is 11.2 Å². The third kappa shape index (κ3) is 9.10. The third-order valence-electron chi connectivity index (χ3n) is 5.09. The van der Waals surface area contributed by atoms with E-state index in [1.165, 1.54) is 19.2 Å². The molecular formula is C27H25Cl2N3O6. The Labute approximate surface area is 229 Å². The molecule has 0 bridgehead atoms. The van der Waals surface area contributed by atoms with E-state index < -0.39 is 36.5 Å². The summed E-state index contributed by atoms with van der Waals surface area (Å²) in [5, 5.41) is 16.1. The number of nitrogens with zero attached hydrogens (tertiary/aromatic N) is 1. The van der Waals surface area contributed by atoms with Crippen LogP contribution < -0.4 is 20.2 Å². The van der Waals surface area contributed by atoms with Crippen LogP contribution in [0.5, 0.6) is 11.5 Å².